The number of nitrogens with one attached hydrogen (secondary N) is 3. The smallest absolute Gasteiger partial charge is 0.400 e. The van der Waals surface area contributed by atoms with Crippen molar-refractivity contribution in [2.75, 3.05) is 26.2 Å². The Bertz CT molecular complexity index is 594. The first-order valence-electron chi connectivity index (χ1n) is 7.66. The second kappa shape index (κ2) is 10.1. The van der Waals surface area contributed by atoms with Gasteiger partial charge in [-0.1, -0.05) is 0 Å². The predicted molar refractivity (Wildman–Crippen MR) is 85.6 cm³/mol. The van der Waals surface area contributed by atoms with Gasteiger partial charge in [-0.15, -0.1) is 0 Å². The maximum atomic E-state index is 11.5. The topological polar surface area (TPSA) is 131 Å². The van der Waals surface area contributed by atoms with Crippen LogP contribution in [-0.4, -0.2) is 49.1 Å². The van der Waals surface area contributed by atoms with Crippen molar-refractivity contribution in [3.8, 4) is 0 Å². The number of nitrogens with zero attached hydrogens (tertiary/aromatic N) is 2. The standard InChI is InChI=1S/C14H21N5O5/c1-3-18(4-2)9-5-8-15-13(20)14(21)17-16-10-11-6-7-12(24-11)19(22)23/h6-7,10H,3-5,8-9H2,1-2H3,(H,15,20)(H,17,21)/p+1/b16-10+. The molecule has 0 aliphatic heterocycles. The number of nitro groups is 1. The van der Waals surface area contributed by atoms with Gasteiger partial charge >= 0.3 is 17.7 Å². The summed E-state index contributed by atoms with van der Waals surface area (Å²) in [4.78, 5) is 34.2. The van der Waals surface area contributed by atoms with E-state index in [0.29, 0.717) is 6.54 Å². The lowest BCUT2D eigenvalue weighted by Crippen LogP contribution is -3.11. The molecule has 0 spiro atoms. The lowest BCUT2D eigenvalue weighted by atomic mass is 10.3. The van der Waals surface area contributed by atoms with Crippen molar-refractivity contribution in [3.63, 3.8) is 0 Å². The Morgan fingerprint density at radius 2 is 2.04 bits per heavy atom. The van der Waals surface area contributed by atoms with Gasteiger partial charge in [0.1, 0.15) is 4.92 Å². The Morgan fingerprint density at radius 3 is 2.62 bits per heavy atom. The third-order valence-electron chi connectivity index (χ3n) is 3.35. The number of furan rings is 1. The molecule has 0 saturated carbocycles. The fraction of sp³-hybridized carbons (Fsp3) is 0.500. The molecule has 3 N–H and O–H groups in total. The summed E-state index contributed by atoms with van der Waals surface area (Å²) in [5, 5.41) is 16.4. The molecule has 132 valence electrons. The van der Waals surface area contributed by atoms with Crippen molar-refractivity contribution in [2.24, 2.45) is 5.10 Å². The van der Waals surface area contributed by atoms with Crippen LogP contribution in [0, 0.1) is 10.1 Å². The van der Waals surface area contributed by atoms with Gasteiger partial charge in [-0.05, 0) is 19.9 Å². The lowest BCUT2D eigenvalue weighted by Gasteiger charge is -2.14. The highest BCUT2D eigenvalue weighted by molar-refractivity contribution is 6.35. The first kappa shape index (κ1) is 19.3. The second-order valence-corrected chi connectivity index (χ2v) is 4.95. The molecule has 24 heavy (non-hydrogen) atoms. The molecule has 0 saturated heterocycles. The van der Waals surface area contributed by atoms with Gasteiger partial charge in [0, 0.05) is 13.0 Å². The molecule has 0 atom stereocenters. The van der Waals surface area contributed by atoms with Gasteiger partial charge in [-0.3, -0.25) is 19.7 Å². The van der Waals surface area contributed by atoms with Crippen molar-refractivity contribution in [3.05, 3.63) is 28.0 Å². The highest BCUT2D eigenvalue weighted by Crippen LogP contribution is 2.13. The summed E-state index contributed by atoms with van der Waals surface area (Å²) in [7, 11) is 0. The van der Waals surface area contributed by atoms with E-state index in [0.717, 1.165) is 38.3 Å². The highest BCUT2D eigenvalue weighted by atomic mass is 16.6. The minimum absolute atomic E-state index is 0.0876. The quantitative estimate of drug-likeness (QED) is 0.176. The number of hydrazone groups is 1. The van der Waals surface area contributed by atoms with E-state index in [9.17, 15) is 19.7 Å². The number of hydrogen-bond acceptors (Lipinski definition) is 6. The zero-order chi connectivity index (χ0) is 17.9. The fourth-order valence-electron chi connectivity index (χ4n) is 1.94. The maximum absolute atomic E-state index is 11.5. The first-order chi connectivity index (χ1) is 11.5. The van der Waals surface area contributed by atoms with Crippen molar-refractivity contribution in [1.29, 1.82) is 0 Å². The summed E-state index contributed by atoms with van der Waals surface area (Å²) in [5.74, 6) is -2.05. The minimum Gasteiger partial charge on any atom is -0.400 e. The van der Waals surface area contributed by atoms with Crippen molar-refractivity contribution < 1.29 is 23.8 Å². The van der Waals surface area contributed by atoms with Gasteiger partial charge < -0.3 is 14.6 Å². The summed E-state index contributed by atoms with van der Waals surface area (Å²) < 4.78 is 4.81. The summed E-state index contributed by atoms with van der Waals surface area (Å²) in [6.45, 7) is 7.55. The molecule has 0 aliphatic rings. The maximum Gasteiger partial charge on any atom is 0.433 e. The number of carbonyl (C=O) groups is 2. The Kier molecular flexibility index (Phi) is 8.13. The normalized spacial score (nSPS) is 11.0. The Balaban J connectivity index is 2.29. The Labute approximate surface area is 139 Å². The van der Waals surface area contributed by atoms with Gasteiger partial charge in [-0.25, -0.2) is 5.43 Å². The molecule has 0 radical (unpaired) electrons. The number of quaternary nitrogens is 1. The number of carbonyl (C=O) groups excluding carboxylic acids is 2. The van der Waals surface area contributed by atoms with E-state index in [1.54, 1.807) is 0 Å². The SMILES string of the molecule is CC[NH+](CC)CCCNC(=O)C(=O)N/N=C/c1ccc([N+](=O)[O-])o1. The van der Waals surface area contributed by atoms with Crippen LogP contribution in [0.15, 0.2) is 21.7 Å². The minimum atomic E-state index is -0.914. The average Bonchev–Trinajstić information content (AvgIpc) is 3.04. The predicted octanol–water partition coefficient (Wildman–Crippen LogP) is -0.931. The van der Waals surface area contributed by atoms with Crippen molar-refractivity contribution in [2.45, 2.75) is 20.3 Å². The fourth-order valence-corrected chi connectivity index (χ4v) is 1.94. The van der Waals surface area contributed by atoms with E-state index >= 15 is 0 Å². The molecule has 0 aromatic carbocycles. The van der Waals surface area contributed by atoms with Crippen LogP contribution in [0.1, 0.15) is 26.0 Å². The molecule has 0 fully saturated rings. The summed E-state index contributed by atoms with van der Waals surface area (Å²) in [6.07, 6.45) is 1.84. The third kappa shape index (κ3) is 6.57. The van der Waals surface area contributed by atoms with Crippen LogP contribution in [0.5, 0.6) is 0 Å². The third-order valence-corrected chi connectivity index (χ3v) is 3.35. The molecule has 1 aromatic heterocycles. The first-order valence-corrected chi connectivity index (χ1v) is 7.66. The van der Waals surface area contributed by atoms with E-state index in [-0.39, 0.29) is 5.76 Å². The van der Waals surface area contributed by atoms with Crippen LogP contribution >= 0.6 is 0 Å². The second-order valence-electron chi connectivity index (χ2n) is 4.95. The monoisotopic (exact) mass is 340 g/mol. The van der Waals surface area contributed by atoms with Crippen LogP contribution in [-0.2, 0) is 9.59 Å². The van der Waals surface area contributed by atoms with Crippen LogP contribution in [0.3, 0.4) is 0 Å². The van der Waals surface area contributed by atoms with E-state index < -0.39 is 22.6 Å². The summed E-state index contributed by atoms with van der Waals surface area (Å²) in [6, 6.07) is 2.48. The van der Waals surface area contributed by atoms with Gasteiger partial charge in [0.25, 0.3) is 0 Å². The zero-order valence-electron chi connectivity index (χ0n) is 13.7. The Morgan fingerprint density at radius 1 is 1.33 bits per heavy atom. The van der Waals surface area contributed by atoms with E-state index in [2.05, 4.69) is 24.3 Å². The molecule has 10 heteroatoms. The molecular weight excluding hydrogens is 318 g/mol. The molecule has 1 rings (SSSR count). The van der Waals surface area contributed by atoms with Crippen LogP contribution < -0.4 is 15.6 Å². The summed E-state index contributed by atoms with van der Waals surface area (Å²) >= 11 is 0. The molecule has 10 nitrogen and oxygen atoms in total. The van der Waals surface area contributed by atoms with Gasteiger partial charge in [0.05, 0.1) is 31.9 Å². The van der Waals surface area contributed by atoms with E-state index in [1.807, 2.05) is 5.43 Å². The molecular formula is C14H22N5O5+. The van der Waals surface area contributed by atoms with Crippen LogP contribution in [0.25, 0.3) is 0 Å². The highest BCUT2D eigenvalue weighted by Gasteiger charge is 2.13. The van der Waals surface area contributed by atoms with Crippen molar-refractivity contribution >= 4 is 23.9 Å². The van der Waals surface area contributed by atoms with E-state index in [4.69, 9.17) is 4.42 Å². The number of amides is 2. The zero-order valence-corrected chi connectivity index (χ0v) is 13.7. The average molecular weight is 340 g/mol. The van der Waals surface area contributed by atoms with E-state index in [1.165, 1.54) is 11.0 Å². The summed E-state index contributed by atoms with van der Waals surface area (Å²) in [5.41, 5.74) is 2.02. The van der Waals surface area contributed by atoms with Gasteiger partial charge in [0.15, 0.2) is 5.76 Å². The Hall–Kier alpha value is -2.75. The number of hydrogen-bond donors (Lipinski definition) is 3. The molecule has 0 bridgehead atoms. The van der Waals surface area contributed by atoms with Crippen LogP contribution in [0.2, 0.25) is 0 Å². The molecule has 1 aromatic rings. The molecule has 0 aliphatic carbocycles. The lowest BCUT2D eigenvalue weighted by molar-refractivity contribution is -0.896. The molecule has 1 heterocycles. The largest absolute Gasteiger partial charge is 0.433 e. The number of rotatable bonds is 9. The van der Waals surface area contributed by atoms with Gasteiger partial charge in [-0.2, -0.15) is 5.10 Å². The van der Waals surface area contributed by atoms with Crippen molar-refractivity contribution in [1.82, 2.24) is 10.7 Å². The molecule has 2 amide bonds. The van der Waals surface area contributed by atoms with Crippen LogP contribution in [0.4, 0.5) is 5.88 Å². The van der Waals surface area contributed by atoms with Gasteiger partial charge in [0.2, 0.25) is 0 Å². The molecule has 0 unspecified atom stereocenters.